The molecule has 4 rings (SSSR count). The number of fused-ring (bicyclic) bond motifs is 3. The summed E-state index contributed by atoms with van der Waals surface area (Å²) in [6.07, 6.45) is -1.03. The number of amides is 2. The molecule has 2 heterocycles. The zero-order chi connectivity index (χ0) is 23.9. The third kappa shape index (κ3) is 4.04. The number of rotatable bonds is 4. The molecule has 0 fully saturated rings. The quantitative estimate of drug-likeness (QED) is 0.640. The lowest BCUT2D eigenvalue weighted by Gasteiger charge is -2.25. The van der Waals surface area contributed by atoms with E-state index < -0.39 is 18.3 Å². The Morgan fingerprint density at radius 3 is 2.42 bits per heavy atom. The third-order valence-electron chi connectivity index (χ3n) is 5.96. The number of nitrogens with one attached hydrogen (secondary N) is 1. The highest BCUT2D eigenvalue weighted by Crippen LogP contribution is 2.41. The number of carbonyl (C=O) groups excluding carboxylic acids is 2. The van der Waals surface area contributed by atoms with Gasteiger partial charge in [0.15, 0.2) is 0 Å². The van der Waals surface area contributed by atoms with Crippen molar-refractivity contribution >= 4 is 23.2 Å². The molecule has 8 heteroatoms. The van der Waals surface area contributed by atoms with Crippen molar-refractivity contribution in [3.63, 3.8) is 0 Å². The van der Waals surface area contributed by atoms with Crippen LogP contribution in [0.15, 0.2) is 59.5 Å². The second-order valence-corrected chi connectivity index (χ2v) is 8.13. The summed E-state index contributed by atoms with van der Waals surface area (Å²) in [5.41, 5.74) is 3.17. The van der Waals surface area contributed by atoms with Crippen LogP contribution < -0.4 is 15.8 Å². The lowest BCUT2D eigenvalue weighted by atomic mass is 9.91. The predicted molar refractivity (Wildman–Crippen MR) is 123 cm³/mol. The molecule has 0 saturated carbocycles. The van der Waals surface area contributed by atoms with Crippen LogP contribution >= 0.6 is 0 Å². The van der Waals surface area contributed by atoms with Gasteiger partial charge in [-0.2, -0.15) is 0 Å². The number of benzene rings is 2. The molecule has 0 bridgehead atoms. The number of halogens is 2. The monoisotopic (exact) mass is 451 g/mol. The van der Waals surface area contributed by atoms with Crippen LogP contribution in [0, 0.1) is 6.92 Å². The molecule has 1 aliphatic heterocycles. The Labute approximate surface area is 189 Å². The summed E-state index contributed by atoms with van der Waals surface area (Å²) in [4.78, 5) is 40.4. The van der Waals surface area contributed by atoms with Crippen LogP contribution in [0.3, 0.4) is 0 Å². The van der Waals surface area contributed by atoms with Crippen molar-refractivity contribution in [2.24, 2.45) is 7.05 Å². The van der Waals surface area contributed by atoms with E-state index in [-0.39, 0.29) is 23.6 Å². The number of anilines is 2. The van der Waals surface area contributed by atoms with Gasteiger partial charge in [-0.25, -0.2) is 8.78 Å². The molecule has 33 heavy (non-hydrogen) atoms. The number of carbonyl (C=O) groups is 2. The molecule has 3 aromatic rings. The van der Waals surface area contributed by atoms with Crippen molar-refractivity contribution in [1.29, 1.82) is 0 Å². The minimum Gasteiger partial charge on any atom is -0.325 e. The Bertz CT molecular complexity index is 1300. The van der Waals surface area contributed by atoms with Gasteiger partial charge >= 0.3 is 0 Å². The van der Waals surface area contributed by atoms with Crippen LogP contribution in [0.5, 0.6) is 0 Å². The van der Waals surface area contributed by atoms with Gasteiger partial charge in [-0.15, -0.1) is 0 Å². The van der Waals surface area contributed by atoms with Crippen molar-refractivity contribution in [2.45, 2.75) is 26.2 Å². The zero-order valence-corrected chi connectivity index (χ0v) is 18.4. The number of pyridine rings is 1. The molecular weight excluding hydrogens is 428 g/mol. The molecule has 6 nitrogen and oxygen atoms in total. The maximum Gasteiger partial charge on any atom is 0.263 e. The van der Waals surface area contributed by atoms with Crippen LogP contribution in [0.2, 0.25) is 0 Å². The van der Waals surface area contributed by atoms with Gasteiger partial charge in [-0.3, -0.25) is 14.4 Å². The lowest BCUT2D eigenvalue weighted by molar-refractivity contribution is -0.122. The first kappa shape index (κ1) is 22.4. The molecule has 170 valence electrons. The smallest absolute Gasteiger partial charge is 0.263 e. The molecule has 1 aliphatic rings. The Morgan fingerprint density at radius 1 is 1.09 bits per heavy atom. The molecule has 0 spiro atoms. The topological polar surface area (TPSA) is 71.4 Å². The normalized spacial score (nSPS) is 15.2. The summed E-state index contributed by atoms with van der Waals surface area (Å²) < 4.78 is 27.0. The highest BCUT2D eigenvalue weighted by Gasteiger charge is 2.34. The number of hydrogen-bond donors (Lipinski definition) is 1. The summed E-state index contributed by atoms with van der Waals surface area (Å²) in [5, 5.41) is 2.66. The van der Waals surface area contributed by atoms with E-state index in [0.717, 1.165) is 11.1 Å². The van der Waals surface area contributed by atoms with Crippen LogP contribution in [-0.4, -0.2) is 22.9 Å². The zero-order valence-electron chi connectivity index (χ0n) is 18.4. The predicted octanol–water partition coefficient (Wildman–Crippen LogP) is 4.39. The maximum atomic E-state index is 13.5. The first-order valence-corrected chi connectivity index (χ1v) is 10.5. The third-order valence-corrected chi connectivity index (χ3v) is 5.96. The Morgan fingerprint density at radius 2 is 1.76 bits per heavy atom. The van der Waals surface area contributed by atoms with Gasteiger partial charge in [0.25, 0.3) is 12.0 Å². The van der Waals surface area contributed by atoms with E-state index in [1.807, 2.05) is 24.3 Å². The van der Waals surface area contributed by atoms with Crippen molar-refractivity contribution in [2.75, 3.05) is 16.8 Å². The Hall–Kier alpha value is -3.81. The van der Waals surface area contributed by atoms with Crippen molar-refractivity contribution < 1.29 is 18.4 Å². The van der Waals surface area contributed by atoms with Gasteiger partial charge in [0.05, 0.1) is 11.6 Å². The van der Waals surface area contributed by atoms with Crippen molar-refractivity contribution in [3.8, 4) is 11.1 Å². The largest absolute Gasteiger partial charge is 0.325 e. The fraction of sp³-hybridized carbons (Fsp3) is 0.240. The number of hydrogen-bond acceptors (Lipinski definition) is 3. The number of aromatic nitrogens is 1. The van der Waals surface area contributed by atoms with Crippen molar-refractivity contribution in [3.05, 3.63) is 81.8 Å². The number of aryl methyl sites for hydroxylation is 1. The second kappa shape index (κ2) is 8.61. The SMILES string of the molecule is Cc1c2c(cn(C)c1=O)N(CC(=O)Nc1ccc(C(F)F)cc1)C(=O)[C@@H](C)c1ccccc1-2. The molecule has 0 radical (unpaired) electrons. The van der Waals surface area contributed by atoms with Crippen LogP contribution in [0.1, 0.15) is 36.0 Å². The average Bonchev–Trinajstić information content (AvgIpc) is 2.87. The molecule has 1 N–H and O–H groups in total. The summed E-state index contributed by atoms with van der Waals surface area (Å²) >= 11 is 0. The van der Waals surface area contributed by atoms with Crippen molar-refractivity contribution in [1.82, 2.24) is 4.57 Å². The van der Waals surface area contributed by atoms with Gasteiger partial charge in [-0.05, 0) is 37.1 Å². The number of nitrogens with zero attached hydrogens (tertiary/aromatic N) is 2. The Kier molecular flexibility index (Phi) is 5.84. The van der Waals surface area contributed by atoms with Gasteiger partial charge in [0.1, 0.15) is 6.54 Å². The molecule has 2 amide bonds. The van der Waals surface area contributed by atoms with Gasteiger partial charge in [0, 0.05) is 35.6 Å². The first-order chi connectivity index (χ1) is 15.7. The second-order valence-electron chi connectivity index (χ2n) is 8.13. The molecule has 0 unspecified atom stereocenters. The van der Waals surface area contributed by atoms with Gasteiger partial charge in [0.2, 0.25) is 11.8 Å². The van der Waals surface area contributed by atoms with E-state index in [0.29, 0.717) is 22.5 Å². The minimum atomic E-state index is -2.60. The van der Waals surface area contributed by atoms with E-state index in [4.69, 9.17) is 0 Å². The molecule has 1 atom stereocenters. The summed E-state index contributed by atoms with van der Waals surface area (Å²) in [5.74, 6) is -1.29. The number of alkyl halides is 2. The minimum absolute atomic E-state index is 0.146. The highest BCUT2D eigenvalue weighted by atomic mass is 19.3. The van der Waals surface area contributed by atoms with E-state index >= 15 is 0 Å². The Balaban J connectivity index is 1.74. The average molecular weight is 451 g/mol. The van der Waals surface area contributed by atoms with E-state index in [1.165, 1.54) is 33.7 Å². The van der Waals surface area contributed by atoms with Crippen LogP contribution in [0.4, 0.5) is 20.2 Å². The van der Waals surface area contributed by atoms with E-state index in [2.05, 4.69) is 5.32 Å². The molecule has 1 aromatic heterocycles. The van der Waals surface area contributed by atoms with Gasteiger partial charge in [-0.1, -0.05) is 36.4 Å². The van der Waals surface area contributed by atoms with E-state index in [9.17, 15) is 23.2 Å². The molecule has 2 aromatic carbocycles. The maximum absolute atomic E-state index is 13.5. The first-order valence-electron chi connectivity index (χ1n) is 10.5. The molecule has 0 aliphatic carbocycles. The molecule has 0 saturated heterocycles. The summed E-state index contributed by atoms with van der Waals surface area (Å²) in [7, 11) is 1.60. The summed E-state index contributed by atoms with van der Waals surface area (Å²) in [6, 6.07) is 12.7. The van der Waals surface area contributed by atoms with Gasteiger partial charge < -0.3 is 14.8 Å². The highest BCUT2D eigenvalue weighted by molar-refractivity contribution is 6.09. The van der Waals surface area contributed by atoms with Crippen LogP contribution in [0.25, 0.3) is 11.1 Å². The molecular formula is C25H23F2N3O3. The van der Waals surface area contributed by atoms with Crippen LogP contribution in [-0.2, 0) is 16.6 Å². The van der Waals surface area contributed by atoms with E-state index in [1.54, 1.807) is 27.1 Å². The fourth-order valence-corrected chi connectivity index (χ4v) is 4.22. The lowest BCUT2D eigenvalue weighted by Crippen LogP contribution is -2.40. The fourth-order valence-electron chi connectivity index (χ4n) is 4.22. The summed E-state index contributed by atoms with van der Waals surface area (Å²) in [6.45, 7) is 3.19. The standard InChI is InChI=1S/C25H23F2N3O3/c1-14-18-6-4-5-7-19(18)22-15(2)24(32)29(3)12-20(22)30(25(14)33)13-21(31)28-17-10-8-16(9-11-17)23(26)27/h4-12,14,23H,13H2,1-3H3,(H,28,31)/t14-/m0/s1.